The number of aromatic nitrogens is 1. The number of benzene rings is 2. The van der Waals surface area contributed by atoms with Crippen molar-refractivity contribution in [2.75, 3.05) is 13.1 Å². The van der Waals surface area contributed by atoms with Gasteiger partial charge in [0.15, 0.2) is 8.24 Å². The van der Waals surface area contributed by atoms with Gasteiger partial charge in [-0.25, -0.2) is 8.42 Å². The first kappa shape index (κ1) is 21.0. The van der Waals surface area contributed by atoms with Crippen molar-refractivity contribution in [2.45, 2.75) is 43.5 Å². The first-order valence-electron chi connectivity index (χ1n) is 10.2. The predicted molar refractivity (Wildman–Crippen MR) is 121 cm³/mol. The van der Waals surface area contributed by atoms with Gasteiger partial charge in [-0.2, -0.15) is 4.31 Å². The molecule has 1 fully saturated rings. The van der Waals surface area contributed by atoms with Crippen LogP contribution >= 0.6 is 0 Å². The molecule has 1 N–H and O–H groups in total. The number of phenols is 1. The monoisotopic (exact) mass is 444 g/mol. The van der Waals surface area contributed by atoms with Crippen LogP contribution in [0.5, 0.6) is 11.5 Å². The molecule has 0 bridgehead atoms. The van der Waals surface area contributed by atoms with Gasteiger partial charge < -0.3 is 14.1 Å². The summed E-state index contributed by atoms with van der Waals surface area (Å²) in [4.78, 5) is 0.353. The first-order chi connectivity index (χ1) is 14.1. The van der Waals surface area contributed by atoms with Gasteiger partial charge in [0.25, 0.3) is 0 Å². The standard InChI is InChI=1S/C22H28N2O4SSi/c1-30(2,3)24-15-10-17-4-9-21(16-22(17)24)29(26,27)23-13-11-20(12-14-23)28-19-7-5-18(25)6-8-19/h4-10,15-16,20,25H,11-14H2,1-3H3. The highest BCUT2D eigenvalue weighted by Crippen LogP contribution is 2.28. The molecule has 6 nitrogen and oxygen atoms in total. The Balaban J connectivity index is 1.50. The molecule has 4 rings (SSSR count). The fraction of sp³-hybridized carbons (Fsp3) is 0.364. The molecule has 2 heterocycles. The molecular formula is C22H28N2O4SSi. The molecule has 160 valence electrons. The van der Waals surface area contributed by atoms with Crippen molar-refractivity contribution in [3.05, 3.63) is 54.7 Å². The average Bonchev–Trinajstić information content (AvgIpc) is 3.14. The number of nitrogens with zero attached hydrogens (tertiary/aromatic N) is 2. The maximum absolute atomic E-state index is 13.3. The van der Waals surface area contributed by atoms with Gasteiger partial charge in [0.1, 0.15) is 17.6 Å². The molecule has 1 aliphatic heterocycles. The zero-order chi connectivity index (χ0) is 21.5. The molecule has 2 aromatic carbocycles. The molecule has 0 spiro atoms. The first-order valence-corrected chi connectivity index (χ1v) is 15.1. The Kier molecular flexibility index (Phi) is 5.42. The van der Waals surface area contributed by atoms with Gasteiger partial charge >= 0.3 is 0 Å². The lowest BCUT2D eigenvalue weighted by molar-refractivity contribution is 0.135. The Hall–Kier alpha value is -2.29. The Bertz CT molecular complexity index is 1140. The number of sulfonamides is 1. The normalized spacial score (nSPS) is 16.8. The molecular weight excluding hydrogens is 416 g/mol. The minimum atomic E-state index is -3.55. The lowest BCUT2D eigenvalue weighted by Gasteiger charge is -2.31. The Labute approximate surface area is 178 Å². The summed E-state index contributed by atoms with van der Waals surface area (Å²) in [7, 11) is -5.19. The third-order valence-corrected chi connectivity index (χ3v) is 9.30. The largest absolute Gasteiger partial charge is 0.508 e. The minimum Gasteiger partial charge on any atom is -0.508 e. The summed E-state index contributed by atoms with van der Waals surface area (Å²) in [5, 5.41) is 10.4. The van der Waals surface area contributed by atoms with Crippen LogP contribution in [0.25, 0.3) is 10.9 Å². The lowest BCUT2D eigenvalue weighted by atomic mass is 10.1. The molecule has 0 saturated carbocycles. The van der Waals surface area contributed by atoms with E-state index < -0.39 is 18.3 Å². The van der Waals surface area contributed by atoms with E-state index in [1.807, 2.05) is 12.1 Å². The molecule has 30 heavy (non-hydrogen) atoms. The summed E-state index contributed by atoms with van der Waals surface area (Å²) in [5.41, 5.74) is 0.987. The molecule has 0 unspecified atom stereocenters. The van der Waals surface area contributed by atoms with Crippen molar-refractivity contribution in [3.63, 3.8) is 0 Å². The van der Waals surface area contributed by atoms with Crippen molar-refractivity contribution >= 4 is 29.2 Å². The van der Waals surface area contributed by atoms with E-state index >= 15 is 0 Å². The number of hydrogen-bond donors (Lipinski definition) is 1. The minimum absolute atomic E-state index is 0.0346. The van der Waals surface area contributed by atoms with Crippen LogP contribution in [0.1, 0.15) is 12.8 Å². The summed E-state index contributed by atoms with van der Waals surface area (Å²) < 4.78 is 36.3. The predicted octanol–water partition coefficient (Wildman–Crippen LogP) is 4.26. The average molecular weight is 445 g/mol. The van der Waals surface area contributed by atoms with E-state index in [1.54, 1.807) is 34.6 Å². The summed E-state index contributed by atoms with van der Waals surface area (Å²) in [6.07, 6.45) is 3.30. The topological polar surface area (TPSA) is 71.8 Å². The second-order valence-corrected chi connectivity index (χ2v) is 15.6. The van der Waals surface area contributed by atoms with Gasteiger partial charge in [-0.3, -0.25) is 0 Å². The highest BCUT2D eigenvalue weighted by atomic mass is 32.2. The zero-order valence-corrected chi connectivity index (χ0v) is 19.4. The molecule has 0 atom stereocenters. The molecule has 0 radical (unpaired) electrons. The number of piperidine rings is 1. The molecule has 1 aromatic heterocycles. The van der Waals surface area contributed by atoms with E-state index in [0.717, 1.165) is 10.9 Å². The Morgan fingerprint density at radius 3 is 2.30 bits per heavy atom. The van der Waals surface area contributed by atoms with E-state index in [9.17, 15) is 13.5 Å². The number of aromatic hydroxyl groups is 1. The van der Waals surface area contributed by atoms with Crippen molar-refractivity contribution in [3.8, 4) is 11.5 Å². The Morgan fingerprint density at radius 2 is 1.67 bits per heavy atom. The fourth-order valence-electron chi connectivity index (χ4n) is 3.91. The number of hydrogen-bond acceptors (Lipinski definition) is 4. The fourth-order valence-corrected chi connectivity index (χ4v) is 6.84. The van der Waals surface area contributed by atoms with Gasteiger partial charge in [-0.05, 0) is 66.9 Å². The second-order valence-electron chi connectivity index (χ2n) is 8.79. The molecule has 1 saturated heterocycles. The number of phenolic OH excluding ortho intramolecular Hbond substituents is 1. The van der Waals surface area contributed by atoms with Crippen LogP contribution < -0.4 is 4.74 Å². The maximum atomic E-state index is 13.3. The van der Waals surface area contributed by atoms with Crippen LogP contribution in [-0.2, 0) is 10.0 Å². The molecule has 3 aromatic rings. The van der Waals surface area contributed by atoms with E-state index in [2.05, 4.69) is 36.1 Å². The van der Waals surface area contributed by atoms with Crippen LogP contribution in [0.3, 0.4) is 0 Å². The van der Waals surface area contributed by atoms with Crippen LogP contribution in [0.2, 0.25) is 19.6 Å². The SMILES string of the molecule is C[Si](C)(C)n1ccc2ccc(S(=O)(=O)N3CCC(Oc4ccc(O)cc4)CC3)cc21. The Morgan fingerprint density at radius 1 is 1.00 bits per heavy atom. The van der Waals surface area contributed by atoms with E-state index in [1.165, 1.54) is 0 Å². The maximum Gasteiger partial charge on any atom is 0.243 e. The third-order valence-electron chi connectivity index (χ3n) is 5.57. The smallest absolute Gasteiger partial charge is 0.243 e. The second kappa shape index (κ2) is 7.75. The quantitative estimate of drug-likeness (QED) is 0.597. The zero-order valence-electron chi connectivity index (χ0n) is 17.6. The number of rotatable bonds is 5. The molecule has 1 aliphatic rings. The van der Waals surface area contributed by atoms with E-state index in [0.29, 0.717) is 36.6 Å². The van der Waals surface area contributed by atoms with Crippen LogP contribution in [0, 0.1) is 0 Å². The number of ether oxygens (including phenoxy) is 1. The van der Waals surface area contributed by atoms with Gasteiger partial charge in [-0.1, -0.05) is 25.7 Å². The van der Waals surface area contributed by atoms with E-state index in [4.69, 9.17) is 4.74 Å². The highest BCUT2D eigenvalue weighted by Gasteiger charge is 2.31. The summed E-state index contributed by atoms with van der Waals surface area (Å²) in [6, 6.07) is 14.1. The van der Waals surface area contributed by atoms with Crippen molar-refractivity contribution in [2.24, 2.45) is 0 Å². The van der Waals surface area contributed by atoms with Gasteiger partial charge in [-0.15, -0.1) is 0 Å². The van der Waals surface area contributed by atoms with E-state index in [-0.39, 0.29) is 11.9 Å². The van der Waals surface area contributed by atoms with Gasteiger partial charge in [0, 0.05) is 18.6 Å². The summed E-state index contributed by atoms with van der Waals surface area (Å²) in [6.45, 7) is 7.59. The van der Waals surface area contributed by atoms with Gasteiger partial charge in [0.05, 0.1) is 4.90 Å². The van der Waals surface area contributed by atoms with Crippen LogP contribution in [-0.4, -0.2) is 49.5 Å². The van der Waals surface area contributed by atoms with Gasteiger partial charge in [0.2, 0.25) is 10.0 Å². The lowest BCUT2D eigenvalue weighted by Crippen LogP contribution is -2.41. The van der Waals surface area contributed by atoms with Crippen LogP contribution in [0.15, 0.2) is 59.6 Å². The highest BCUT2D eigenvalue weighted by molar-refractivity contribution is 7.89. The van der Waals surface area contributed by atoms with Crippen LogP contribution in [0.4, 0.5) is 0 Å². The molecule has 8 heteroatoms. The molecule has 0 aliphatic carbocycles. The van der Waals surface area contributed by atoms with Crippen molar-refractivity contribution in [1.29, 1.82) is 0 Å². The van der Waals surface area contributed by atoms with Crippen molar-refractivity contribution in [1.82, 2.24) is 8.54 Å². The third kappa shape index (κ3) is 4.12. The summed E-state index contributed by atoms with van der Waals surface area (Å²) in [5.74, 6) is 0.882. The number of fused-ring (bicyclic) bond motifs is 1. The van der Waals surface area contributed by atoms with Crippen molar-refractivity contribution < 1.29 is 18.3 Å². The molecule has 0 amide bonds. The summed E-state index contributed by atoms with van der Waals surface area (Å²) >= 11 is 0.